The highest BCUT2D eigenvalue weighted by molar-refractivity contribution is 9.10. The maximum atomic E-state index is 6.33. The molecule has 0 amide bonds. The number of rotatable bonds is 4. The molecule has 2 N–H and O–H groups in total. The minimum Gasteiger partial charge on any atom is -0.489 e. The Hall–Kier alpha value is -0.610. The average molecular weight is 370 g/mol. The van der Waals surface area contributed by atoms with Crippen molar-refractivity contribution in [3.8, 4) is 5.75 Å². The lowest BCUT2D eigenvalue weighted by Crippen LogP contribution is -2.36. The molecule has 0 spiro atoms. The third kappa shape index (κ3) is 4.19. The van der Waals surface area contributed by atoms with Crippen LogP contribution in [0.4, 0.5) is 0 Å². The highest BCUT2D eigenvalue weighted by atomic mass is 79.9. The monoisotopic (exact) mass is 369 g/mol. The summed E-state index contributed by atoms with van der Waals surface area (Å²) in [5, 5.41) is 0. The molecule has 1 aliphatic carbocycles. The van der Waals surface area contributed by atoms with Crippen LogP contribution in [0, 0.1) is 17.8 Å². The quantitative estimate of drug-likeness (QED) is 0.764. The van der Waals surface area contributed by atoms with Crippen LogP contribution in [0.25, 0.3) is 0 Å². The minimum atomic E-state index is 0.292. The van der Waals surface area contributed by atoms with Gasteiger partial charge in [-0.2, -0.15) is 0 Å². The van der Waals surface area contributed by atoms with Gasteiger partial charge in [-0.3, -0.25) is 0 Å². The molecule has 0 bridgehead atoms. The first-order chi connectivity index (χ1) is 9.88. The van der Waals surface area contributed by atoms with Crippen LogP contribution in [0.2, 0.25) is 0 Å². The summed E-state index contributed by atoms with van der Waals surface area (Å²) in [6.07, 6.45) is 3.99. The van der Waals surface area contributed by atoms with Gasteiger partial charge in [-0.05, 0) is 64.7 Å². The maximum Gasteiger partial charge on any atom is 0.133 e. The Bertz CT molecular complexity index is 518. The first-order valence-electron chi connectivity index (χ1n) is 7.64. The van der Waals surface area contributed by atoms with E-state index in [1.807, 2.05) is 18.2 Å². The van der Waals surface area contributed by atoms with Gasteiger partial charge in [0.15, 0.2) is 0 Å². The van der Waals surface area contributed by atoms with Crippen molar-refractivity contribution in [1.29, 1.82) is 0 Å². The Kier molecular flexibility index (Phi) is 5.67. The van der Waals surface area contributed by atoms with Crippen molar-refractivity contribution in [2.75, 3.05) is 0 Å². The molecule has 2 nitrogen and oxygen atoms in total. The Balaban J connectivity index is 2.16. The lowest BCUT2D eigenvalue weighted by Gasteiger charge is -2.37. The maximum absolute atomic E-state index is 6.33. The minimum absolute atomic E-state index is 0.292. The van der Waals surface area contributed by atoms with E-state index in [9.17, 15) is 0 Å². The molecule has 3 atom stereocenters. The molecule has 2 rings (SSSR count). The van der Waals surface area contributed by atoms with Gasteiger partial charge < -0.3 is 10.5 Å². The molecule has 21 heavy (non-hydrogen) atoms. The van der Waals surface area contributed by atoms with Gasteiger partial charge in [0.05, 0.1) is 4.47 Å². The van der Waals surface area contributed by atoms with E-state index in [4.69, 9.17) is 22.7 Å². The van der Waals surface area contributed by atoms with Crippen molar-refractivity contribution in [3.05, 3.63) is 28.2 Å². The lowest BCUT2D eigenvalue weighted by molar-refractivity contribution is 0.0454. The molecule has 0 radical (unpaired) electrons. The van der Waals surface area contributed by atoms with Crippen molar-refractivity contribution < 1.29 is 4.74 Å². The van der Waals surface area contributed by atoms with Gasteiger partial charge >= 0.3 is 0 Å². The van der Waals surface area contributed by atoms with E-state index in [1.165, 1.54) is 12.8 Å². The van der Waals surface area contributed by atoms with Gasteiger partial charge in [-0.1, -0.05) is 39.4 Å². The molecule has 1 aliphatic rings. The third-order valence-corrected chi connectivity index (χ3v) is 5.31. The molecule has 3 unspecified atom stereocenters. The molecule has 0 aromatic heterocycles. The molecule has 0 aliphatic heterocycles. The van der Waals surface area contributed by atoms with Crippen LogP contribution in [-0.4, -0.2) is 11.1 Å². The summed E-state index contributed by atoms with van der Waals surface area (Å²) in [5.41, 5.74) is 6.53. The molecule has 116 valence electrons. The van der Waals surface area contributed by atoms with Crippen LogP contribution in [0.15, 0.2) is 22.7 Å². The van der Waals surface area contributed by atoms with Gasteiger partial charge in [0.25, 0.3) is 0 Å². The lowest BCUT2D eigenvalue weighted by atomic mass is 9.75. The molecule has 1 fully saturated rings. The molecule has 1 aromatic carbocycles. The van der Waals surface area contributed by atoms with Gasteiger partial charge in [-0.25, -0.2) is 0 Å². The fraction of sp³-hybridized carbons (Fsp3) is 0.588. The number of hydrogen-bond donors (Lipinski definition) is 1. The molecule has 0 heterocycles. The zero-order valence-electron chi connectivity index (χ0n) is 12.9. The first kappa shape index (κ1) is 16.8. The van der Waals surface area contributed by atoms with Crippen LogP contribution in [-0.2, 0) is 0 Å². The fourth-order valence-electron chi connectivity index (χ4n) is 3.16. The summed E-state index contributed by atoms with van der Waals surface area (Å²) in [7, 11) is 0. The Morgan fingerprint density at radius 1 is 1.38 bits per heavy atom. The van der Waals surface area contributed by atoms with Gasteiger partial charge in [0, 0.05) is 5.56 Å². The molecular formula is C17H24BrNOS. The van der Waals surface area contributed by atoms with E-state index in [-0.39, 0.29) is 0 Å². The smallest absolute Gasteiger partial charge is 0.133 e. The number of hydrogen-bond acceptors (Lipinski definition) is 2. The summed E-state index contributed by atoms with van der Waals surface area (Å²) in [6, 6.07) is 5.84. The highest BCUT2D eigenvalue weighted by Gasteiger charge is 2.32. The van der Waals surface area contributed by atoms with Crippen molar-refractivity contribution >= 4 is 33.1 Å². The van der Waals surface area contributed by atoms with Crippen molar-refractivity contribution in [1.82, 2.24) is 0 Å². The van der Waals surface area contributed by atoms with E-state index < -0.39 is 0 Å². The van der Waals surface area contributed by atoms with E-state index in [0.717, 1.165) is 28.1 Å². The zero-order valence-corrected chi connectivity index (χ0v) is 15.3. The van der Waals surface area contributed by atoms with E-state index in [0.29, 0.717) is 22.9 Å². The van der Waals surface area contributed by atoms with E-state index >= 15 is 0 Å². The summed E-state index contributed by atoms with van der Waals surface area (Å²) < 4.78 is 7.26. The second-order valence-electron chi connectivity index (χ2n) is 6.49. The van der Waals surface area contributed by atoms with Crippen molar-refractivity contribution in [2.24, 2.45) is 23.5 Å². The molecule has 0 saturated heterocycles. The Morgan fingerprint density at radius 2 is 2.10 bits per heavy atom. The summed E-state index contributed by atoms with van der Waals surface area (Å²) in [5.74, 6) is 2.90. The van der Waals surface area contributed by atoms with Gasteiger partial charge in [-0.15, -0.1) is 0 Å². The summed E-state index contributed by atoms with van der Waals surface area (Å²) >= 11 is 8.59. The van der Waals surface area contributed by atoms with Crippen LogP contribution >= 0.6 is 28.1 Å². The predicted octanol–water partition coefficient (Wildman–Crippen LogP) is 4.92. The number of halogens is 1. The van der Waals surface area contributed by atoms with E-state index in [2.05, 4.69) is 36.7 Å². The highest BCUT2D eigenvalue weighted by Crippen LogP contribution is 2.37. The SMILES string of the molecule is CC1CCC(C(C)C)C(Oc2ccc(C(N)=S)cc2Br)C1. The van der Waals surface area contributed by atoms with E-state index in [1.54, 1.807) is 0 Å². The van der Waals surface area contributed by atoms with Crippen molar-refractivity contribution in [2.45, 2.75) is 46.1 Å². The number of ether oxygens (including phenoxy) is 1. The summed E-state index contributed by atoms with van der Waals surface area (Å²) in [6.45, 7) is 6.90. The standard InChI is InChI=1S/C17H24BrNOS/c1-10(2)13-6-4-11(3)8-16(13)20-15-7-5-12(17(19)21)9-14(15)18/h5,7,9-11,13,16H,4,6,8H2,1-3H3,(H2,19,21). The van der Waals surface area contributed by atoms with Crippen LogP contribution in [0.3, 0.4) is 0 Å². The molecule has 1 aromatic rings. The largest absolute Gasteiger partial charge is 0.489 e. The normalized spacial score (nSPS) is 25.9. The van der Waals surface area contributed by atoms with Gasteiger partial charge in [0.2, 0.25) is 0 Å². The van der Waals surface area contributed by atoms with Crippen LogP contribution < -0.4 is 10.5 Å². The second kappa shape index (κ2) is 7.10. The molecular weight excluding hydrogens is 346 g/mol. The number of thiocarbonyl (C=S) groups is 1. The summed E-state index contributed by atoms with van der Waals surface area (Å²) in [4.78, 5) is 0.411. The van der Waals surface area contributed by atoms with Crippen LogP contribution in [0.5, 0.6) is 5.75 Å². The second-order valence-corrected chi connectivity index (χ2v) is 7.79. The van der Waals surface area contributed by atoms with Crippen molar-refractivity contribution in [3.63, 3.8) is 0 Å². The molecule has 4 heteroatoms. The Labute approximate surface area is 141 Å². The first-order valence-corrected chi connectivity index (χ1v) is 8.84. The third-order valence-electron chi connectivity index (χ3n) is 4.46. The average Bonchev–Trinajstić information content (AvgIpc) is 2.40. The van der Waals surface area contributed by atoms with Gasteiger partial charge in [0.1, 0.15) is 16.8 Å². The zero-order chi connectivity index (χ0) is 15.6. The van der Waals surface area contributed by atoms with Crippen LogP contribution in [0.1, 0.15) is 45.6 Å². The number of nitrogens with two attached hydrogens (primary N) is 1. The molecule has 1 saturated carbocycles. The number of benzene rings is 1. The predicted molar refractivity (Wildman–Crippen MR) is 95.8 cm³/mol. The Morgan fingerprint density at radius 3 is 2.67 bits per heavy atom. The topological polar surface area (TPSA) is 35.2 Å². The fourth-order valence-corrected chi connectivity index (χ4v) is 3.76.